The summed E-state index contributed by atoms with van der Waals surface area (Å²) in [6.45, 7) is 0. The van der Waals surface area contributed by atoms with Gasteiger partial charge in [-0.25, -0.2) is 0 Å². The first-order valence-electron chi connectivity index (χ1n) is 1.40. The molecule has 1 rings (SSSR count). The molecule has 0 saturated carbocycles. The number of nitrogens with zero attached hydrogens (tertiary/aromatic N) is 1. The Balaban J connectivity index is 3.05. The molecule has 1 aromatic rings. The van der Waals surface area contributed by atoms with Gasteiger partial charge in [0, 0.05) is 0 Å². The zero-order valence-electron chi connectivity index (χ0n) is 2.88. The Morgan fingerprint density at radius 3 is 3.00 bits per heavy atom. The molecule has 0 aliphatic heterocycles. The van der Waals surface area contributed by atoms with Crippen LogP contribution in [-0.2, 0) is 0 Å². The topological polar surface area (TPSA) is 46.3 Å². The summed E-state index contributed by atoms with van der Waals surface area (Å²) in [6.07, 6.45) is 3.15. The summed E-state index contributed by atoms with van der Waals surface area (Å²) >= 11 is 0. The quantitative estimate of drug-likeness (QED) is 0.456. The summed E-state index contributed by atoms with van der Waals surface area (Å²) in [6, 6.07) is 0. The molecular weight excluding hydrogens is 82.0 g/mol. The van der Waals surface area contributed by atoms with Gasteiger partial charge in [-0.05, 0) is 6.26 Å². The van der Waals surface area contributed by atoms with Crippen LogP contribution in [0.5, 0.6) is 5.88 Å². The van der Waals surface area contributed by atoms with Gasteiger partial charge in [0.25, 0.3) is 0 Å². The van der Waals surface area contributed by atoms with Crippen LogP contribution in [-0.4, -0.2) is 10.1 Å². The molecule has 0 spiro atoms. The Labute approximate surface area is 34.2 Å². The van der Waals surface area contributed by atoms with Gasteiger partial charge in [0.15, 0.2) is 0 Å². The molecule has 0 bridgehead atoms. The number of oxazole rings is 1. The number of rotatable bonds is 0. The van der Waals surface area contributed by atoms with Crippen LogP contribution in [0, 0.1) is 6.39 Å². The molecule has 3 heteroatoms. The molecular formula is C3H2NO2-. The predicted octanol–water partition coefficient (Wildman–Crippen LogP) is 0.180. The first-order chi connectivity index (χ1) is 2.89. The van der Waals surface area contributed by atoms with Gasteiger partial charge in [0.1, 0.15) is 6.39 Å². The van der Waals surface area contributed by atoms with Gasteiger partial charge in [0.2, 0.25) is 0 Å². The van der Waals surface area contributed by atoms with Crippen LogP contribution in [0.2, 0.25) is 0 Å². The SMILES string of the molecule is Oc1co[c-]n1. The van der Waals surface area contributed by atoms with Crippen molar-refractivity contribution >= 4 is 0 Å². The second kappa shape index (κ2) is 1.01. The molecule has 0 amide bonds. The van der Waals surface area contributed by atoms with Crippen LogP contribution in [0.4, 0.5) is 0 Å². The van der Waals surface area contributed by atoms with Crippen molar-refractivity contribution in [3.8, 4) is 5.88 Å². The highest BCUT2D eigenvalue weighted by Crippen LogP contribution is 1.97. The van der Waals surface area contributed by atoms with E-state index in [1.807, 2.05) is 0 Å². The number of hydrogen-bond acceptors (Lipinski definition) is 3. The van der Waals surface area contributed by atoms with Gasteiger partial charge in [0.05, 0.1) is 5.88 Å². The lowest BCUT2D eigenvalue weighted by Gasteiger charge is -1.77. The largest absolute Gasteiger partial charge is 0.578 e. The summed E-state index contributed by atoms with van der Waals surface area (Å²) < 4.78 is 4.23. The molecule has 1 N–H and O–H groups in total. The maximum Gasteiger partial charge on any atom is 0.105 e. The van der Waals surface area contributed by atoms with Crippen molar-refractivity contribution in [2.45, 2.75) is 0 Å². The van der Waals surface area contributed by atoms with Gasteiger partial charge in [-0.15, -0.1) is 0 Å². The summed E-state index contributed by atoms with van der Waals surface area (Å²) in [4.78, 5) is 3.18. The fourth-order valence-corrected chi connectivity index (χ4v) is 0.179. The van der Waals surface area contributed by atoms with Crippen molar-refractivity contribution in [3.63, 3.8) is 0 Å². The van der Waals surface area contributed by atoms with Crippen LogP contribution < -0.4 is 0 Å². The van der Waals surface area contributed by atoms with Crippen molar-refractivity contribution in [2.24, 2.45) is 0 Å². The standard InChI is InChI=1S/C3H2NO2/c5-3-1-6-2-4-3/h1,5H/q-1. The van der Waals surface area contributed by atoms with Crippen LogP contribution >= 0.6 is 0 Å². The highest BCUT2D eigenvalue weighted by molar-refractivity contribution is 4.92. The van der Waals surface area contributed by atoms with E-state index in [1.54, 1.807) is 0 Å². The maximum absolute atomic E-state index is 8.24. The number of hydrogen-bond donors (Lipinski definition) is 1. The van der Waals surface area contributed by atoms with Gasteiger partial charge < -0.3 is 14.5 Å². The molecule has 0 radical (unpaired) electrons. The molecule has 0 aromatic carbocycles. The molecule has 0 fully saturated rings. The molecule has 0 unspecified atom stereocenters. The van der Waals surface area contributed by atoms with E-state index < -0.39 is 0 Å². The Morgan fingerprint density at radius 1 is 2.00 bits per heavy atom. The number of aromatic hydroxyl groups is 1. The Hall–Kier alpha value is -0.990. The van der Waals surface area contributed by atoms with Crippen molar-refractivity contribution in [1.29, 1.82) is 0 Å². The van der Waals surface area contributed by atoms with Crippen LogP contribution in [0.1, 0.15) is 0 Å². The predicted molar refractivity (Wildman–Crippen MR) is 17.0 cm³/mol. The minimum absolute atomic E-state index is 0.130. The minimum Gasteiger partial charge on any atom is -0.578 e. The summed E-state index contributed by atoms with van der Waals surface area (Å²) in [5.41, 5.74) is 0. The van der Waals surface area contributed by atoms with Crippen LogP contribution in [0.15, 0.2) is 10.7 Å². The summed E-state index contributed by atoms with van der Waals surface area (Å²) in [5.74, 6) is -0.130. The van der Waals surface area contributed by atoms with E-state index in [1.165, 1.54) is 0 Å². The Morgan fingerprint density at radius 2 is 2.83 bits per heavy atom. The van der Waals surface area contributed by atoms with E-state index in [4.69, 9.17) is 5.11 Å². The lowest BCUT2D eigenvalue weighted by molar-refractivity contribution is 0.448. The van der Waals surface area contributed by atoms with Crippen LogP contribution in [0.25, 0.3) is 0 Å². The van der Waals surface area contributed by atoms with E-state index in [2.05, 4.69) is 15.8 Å². The molecule has 6 heavy (non-hydrogen) atoms. The zero-order chi connectivity index (χ0) is 4.41. The Kier molecular flexibility index (Phi) is 0.538. The van der Waals surface area contributed by atoms with Gasteiger partial charge in [-0.3, -0.25) is 0 Å². The lowest BCUT2D eigenvalue weighted by Crippen LogP contribution is -1.52. The zero-order valence-corrected chi connectivity index (χ0v) is 2.88. The second-order valence-corrected chi connectivity index (χ2v) is 0.797. The van der Waals surface area contributed by atoms with E-state index >= 15 is 0 Å². The lowest BCUT2D eigenvalue weighted by atomic mass is 10.9. The summed E-state index contributed by atoms with van der Waals surface area (Å²) in [5, 5.41) is 8.24. The first-order valence-corrected chi connectivity index (χ1v) is 1.40. The van der Waals surface area contributed by atoms with Crippen molar-refractivity contribution in [2.75, 3.05) is 0 Å². The minimum atomic E-state index is -0.130. The van der Waals surface area contributed by atoms with Crippen molar-refractivity contribution in [3.05, 3.63) is 12.7 Å². The molecule has 1 aromatic heterocycles. The monoisotopic (exact) mass is 84.0 g/mol. The average Bonchev–Trinajstić information content (AvgIpc) is 1.86. The number of aromatic nitrogens is 1. The van der Waals surface area contributed by atoms with Gasteiger partial charge in [-0.1, -0.05) is 0 Å². The van der Waals surface area contributed by atoms with Gasteiger partial charge in [-0.2, -0.15) is 0 Å². The molecule has 0 atom stereocenters. The third kappa shape index (κ3) is 0.337. The fourth-order valence-electron chi connectivity index (χ4n) is 0.179. The van der Waals surface area contributed by atoms with E-state index in [0.717, 1.165) is 6.26 Å². The fraction of sp³-hybridized carbons (Fsp3) is 0. The van der Waals surface area contributed by atoms with Crippen molar-refractivity contribution in [1.82, 2.24) is 4.98 Å². The van der Waals surface area contributed by atoms with E-state index in [9.17, 15) is 0 Å². The Bertz CT molecular complexity index is 112. The third-order valence-corrected chi connectivity index (χ3v) is 0.377. The highest BCUT2D eigenvalue weighted by atomic mass is 16.4. The van der Waals surface area contributed by atoms with Crippen LogP contribution in [0.3, 0.4) is 0 Å². The first kappa shape index (κ1) is 3.21. The normalized spacial score (nSPS) is 8.67. The molecule has 0 saturated heterocycles. The molecule has 3 nitrogen and oxygen atoms in total. The van der Waals surface area contributed by atoms with E-state index in [-0.39, 0.29) is 5.88 Å². The molecule has 32 valence electrons. The van der Waals surface area contributed by atoms with Crippen molar-refractivity contribution < 1.29 is 9.52 Å². The molecule has 0 aliphatic carbocycles. The third-order valence-electron chi connectivity index (χ3n) is 0.377. The molecule has 0 aliphatic rings. The average molecular weight is 84.1 g/mol. The van der Waals surface area contributed by atoms with E-state index in [0.29, 0.717) is 0 Å². The van der Waals surface area contributed by atoms with Gasteiger partial charge >= 0.3 is 0 Å². The second-order valence-electron chi connectivity index (χ2n) is 0.797. The highest BCUT2D eigenvalue weighted by Gasteiger charge is 1.66. The summed E-state index contributed by atoms with van der Waals surface area (Å²) in [7, 11) is 0. The maximum atomic E-state index is 8.24. The molecule has 1 heterocycles. The smallest absolute Gasteiger partial charge is 0.105 e.